The average molecular weight is 254 g/mol. The van der Waals surface area contributed by atoms with Crippen molar-refractivity contribution in [2.75, 3.05) is 6.61 Å². The van der Waals surface area contributed by atoms with Crippen LogP contribution in [-0.4, -0.2) is 17.7 Å². The highest BCUT2D eigenvalue weighted by atomic mass is 19.1. The molecule has 1 aromatic carbocycles. The maximum atomic E-state index is 13.1. The van der Waals surface area contributed by atoms with Crippen molar-refractivity contribution in [1.29, 1.82) is 0 Å². The van der Waals surface area contributed by atoms with Crippen LogP contribution in [0.1, 0.15) is 43.9 Å². The largest absolute Gasteiger partial charge is 0.466 e. The van der Waals surface area contributed by atoms with Gasteiger partial charge in [0, 0.05) is 6.42 Å². The number of carbonyl (C=O) groups excluding carboxylic acids is 1. The number of halogens is 1. The van der Waals surface area contributed by atoms with Gasteiger partial charge in [-0.1, -0.05) is 6.07 Å². The molecule has 0 heterocycles. The summed E-state index contributed by atoms with van der Waals surface area (Å²) >= 11 is 0. The molecule has 0 radical (unpaired) electrons. The minimum absolute atomic E-state index is 0.243. The lowest BCUT2D eigenvalue weighted by atomic mass is 9.98. The summed E-state index contributed by atoms with van der Waals surface area (Å²) in [5.74, 6) is -0.571. The van der Waals surface area contributed by atoms with Gasteiger partial charge >= 0.3 is 5.97 Å². The van der Waals surface area contributed by atoms with E-state index in [0.717, 1.165) is 5.56 Å². The number of aliphatic hydroxyl groups is 1. The third-order valence-corrected chi connectivity index (χ3v) is 2.69. The quantitative estimate of drug-likeness (QED) is 0.794. The lowest BCUT2D eigenvalue weighted by Gasteiger charge is -2.12. The van der Waals surface area contributed by atoms with Crippen LogP contribution in [0.3, 0.4) is 0 Å². The zero-order chi connectivity index (χ0) is 13.5. The zero-order valence-corrected chi connectivity index (χ0v) is 10.8. The average Bonchev–Trinajstić information content (AvgIpc) is 2.29. The van der Waals surface area contributed by atoms with Crippen molar-refractivity contribution in [1.82, 2.24) is 0 Å². The molecule has 0 aliphatic rings. The second-order valence-electron chi connectivity index (χ2n) is 4.18. The predicted molar refractivity (Wildman–Crippen MR) is 66.6 cm³/mol. The second-order valence-corrected chi connectivity index (χ2v) is 4.18. The number of hydrogen-bond acceptors (Lipinski definition) is 3. The first-order chi connectivity index (χ1) is 8.54. The normalized spacial score (nSPS) is 12.2. The molecule has 1 rings (SSSR count). The molecule has 1 N–H and O–H groups in total. The number of esters is 1. The van der Waals surface area contributed by atoms with Gasteiger partial charge in [-0.15, -0.1) is 0 Å². The molecule has 0 fully saturated rings. The molecule has 0 amide bonds. The van der Waals surface area contributed by atoms with E-state index in [1.807, 2.05) is 0 Å². The summed E-state index contributed by atoms with van der Waals surface area (Å²) in [6.07, 6.45) is 0.811. The van der Waals surface area contributed by atoms with Gasteiger partial charge in [-0.2, -0.15) is 0 Å². The molecular formula is C14H19FO3. The fraction of sp³-hybridized carbons (Fsp3) is 0.500. The molecule has 1 aromatic rings. The summed E-state index contributed by atoms with van der Waals surface area (Å²) in [6.45, 7) is 3.77. The van der Waals surface area contributed by atoms with Gasteiger partial charge in [0.05, 0.1) is 12.7 Å². The van der Waals surface area contributed by atoms with Crippen molar-refractivity contribution in [2.45, 2.75) is 39.2 Å². The van der Waals surface area contributed by atoms with Gasteiger partial charge in [0.25, 0.3) is 0 Å². The van der Waals surface area contributed by atoms with E-state index in [4.69, 9.17) is 4.74 Å². The van der Waals surface area contributed by atoms with Crippen molar-refractivity contribution < 1.29 is 19.0 Å². The molecule has 0 bridgehead atoms. The van der Waals surface area contributed by atoms with Gasteiger partial charge in [-0.05, 0) is 49.9 Å². The smallest absolute Gasteiger partial charge is 0.305 e. The Morgan fingerprint density at radius 3 is 2.83 bits per heavy atom. The number of benzene rings is 1. The third-order valence-electron chi connectivity index (χ3n) is 2.69. The van der Waals surface area contributed by atoms with Crippen LogP contribution in [0.15, 0.2) is 18.2 Å². The Balaban J connectivity index is 2.60. The van der Waals surface area contributed by atoms with Crippen LogP contribution in [0, 0.1) is 5.82 Å². The molecule has 0 saturated carbocycles. The van der Waals surface area contributed by atoms with E-state index in [1.54, 1.807) is 19.9 Å². The number of hydrogen-bond donors (Lipinski definition) is 1. The Kier molecular flexibility index (Phi) is 5.78. The van der Waals surface area contributed by atoms with Crippen LogP contribution in [0.4, 0.5) is 4.39 Å². The monoisotopic (exact) mass is 254 g/mol. The highest BCUT2D eigenvalue weighted by Crippen LogP contribution is 2.20. The molecule has 1 unspecified atom stereocenters. The Morgan fingerprint density at radius 2 is 2.22 bits per heavy atom. The van der Waals surface area contributed by atoms with Crippen molar-refractivity contribution >= 4 is 5.97 Å². The summed E-state index contributed by atoms with van der Waals surface area (Å²) in [4.78, 5) is 11.2. The van der Waals surface area contributed by atoms with E-state index in [1.165, 1.54) is 12.1 Å². The molecule has 0 aliphatic carbocycles. The topological polar surface area (TPSA) is 46.5 Å². The van der Waals surface area contributed by atoms with Gasteiger partial charge in [0.15, 0.2) is 0 Å². The first kappa shape index (κ1) is 14.6. The fourth-order valence-corrected chi connectivity index (χ4v) is 1.85. The molecule has 0 saturated heterocycles. The van der Waals surface area contributed by atoms with Gasteiger partial charge in [-0.25, -0.2) is 4.39 Å². The highest BCUT2D eigenvalue weighted by Gasteiger charge is 2.10. The minimum atomic E-state index is -0.636. The molecule has 100 valence electrons. The maximum Gasteiger partial charge on any atom is 0.305 e. The molecule has 0 spiro atoms. The van der Waals surface area contributed by atoms with Gasteiger partial charge in [0.1, 0.15) is 5.82 Å². The van der Waals surface area contributed by atoms with E-state index in [2.05, 4.69) is 0 Å². The lowest BCUT2D eigenvalue weighted by Crippen LogP contribution is -2.05. The first-order valence-corrected chi connectivity index (χ1v) is 6.16. The molecule has 0 aromatic heterocycles. The Hall–Kier alpha value is -1.42. The Morgan fingerprint density at radius 1 is 1.50 bits per heavy atom. The number of ether oxygens (including phenoxy) is 1. The molecular weight excluding hydrogens is 235 g/mol. The van der Waals surface area contributed by atoms with E-state index in [0.29, 0.717) is 31.4 Å². The minimum Gasteiger partial charge on any atom is -0.466 e. The number of aryl methyl sites for hydroxylation is 1. The number of rotatable bonds is 6. The van der Waals surface area contributed by atoms with Crippen molar-refractivity contribution in [3.8, 4) is 0 Å². The predicted octanol–water partition coefficient (Wildman–Crippen LogP) is 2.76. The van der Waals surface area contributed by atoms with E-state index < -0.39 is 6.10 Å². The fourth-order valence-electron chi connectivity index (χ4n) is 1.85. The summed E-state index contributed by atoms with van der Waals surface area (Å²) in [5, 5.41) is 9.57. The van der Waals surface area contributed by atoms with Crippen molar-refractivity contribution in [2.24, 2.45) is 0 Å². The van der Waals surface area contributed by atoms with E-state index in [-0.39, 0.29) is 11.8 Å². The van der Waals surface area contributed by atoms with Crippen LogP contribution in [0.5, 0.6) is 0 Å². The highest BCUT2D eigenvalue weighted by molar-refractivity contribution is 5.69. The van der Waals surface area contributed by atoms with Crippen molar-refractivity contribution in [3.63, 3.8) is 0 Å². The van der Waals surface area contributed by atoms with Crippen LogP contribution in [-0.2, 0) is 16.0 Å². The van der Waals surface area contributed by atoms with Crippen molar-refractivity contribution in [3.05, 3.63) is 35.1 Å². The van der Waals surface area contributed by atoms with Crippen LogP contribution >= 0.6 is 0 Å². The Labute approximate surface area is 107 Å². The third kappa shape index (κ3) is 4.45. The maximum absolute atomic E-state index is 13.1. The number of carbonyl (C=O) groups is 1. The molecule has 1 atom stereocenters. The zero-order valence-electron chi connectivity index (χ0n) is 10.8. The van der Waals surface area contributed by atoms with E-state index >= 15 is 0 Å². The summed E-state index contributed by atoms with van der Waals surface area (Å²) in [7, 11) is 0. The Bertz CT molecular complexity index is 402. The summed E-state index contributed by atoms with van der Waals surface area (Å²) in [6, 6.07) is 4.32. The lowest BCUT2D eigenvalue weighted by molar-refractivity contribution is -0.143. The van der Waals surface area contributed by atoms with Crippen LogP contribution in [0.2, 0.25) is 0 Å². The summed E-state index contributed by atoms with van der Waals surface area (Å²) < 4.78 is 18.0. The molecule has 18 heavy (non-hydrogen) atoms. The van der Waals surface area contributed by atoms with Crippen LogP contribution in [0.25, 0.3) is 0 Å². The van der Waals surface area contributed by atoms with E-state index in [9.17, 15) is 14.3 Å². The SMILES string of the molecule is CCOC(=O)CCCc1cc(F)ccc1C(C)O. The molecule has 3 nitrogen and oxygen atoms in total. The number of aliphatic hydroxyl groups excluding tert-OH is 1. The second kappa shape index (κ2) is 7.11. The van der Waals surface area contributed by atoms with Gasteiger partial charge < -0.3 is 9.84 Å². The van der Waals surface area contributed by atoms with Gasteiger partial charge in [0.2, 0.25) is 0 Å². The first-order valence-electron chi connectivity index (χ1n) is 6.16. The standard InChI is InChI=1S/C14H19FO3/c1-3-18-14(17)6-4-5-11-9-12(15)7-8-13(11)10(2)16/h7-10,16H,3-6H2,1-2H3. The summed E-state index contributed by atoms with van der Waals surface area (Å²) in [5.41, 5.74) is 1.45. The van der Waals surface area contributed by atoms with Gasteiger partial charge in [-0.3, -0.25) is 4.79 Å². The molecule has 0 aliphatic heterocycles. The molecule has 4 heteroatoms. The van der Waals surface area contributed by atoms with Crippen LogP contribution < -0.4 is 0 Å².